The van der Waals surface area contributed by atoms with E-state index in [0.29, 0.717) is 27.2 Å². The summed E-state index contributed by atoms with van der Waals surface area (Å²) in [6.45, 7) is 3.65. The summed E-state index contributed by atoms with van der Waals surface area (Å²) in [7, 11) is 1.45. The number of non-ortho nitro benzene ring substituents is 1. The number of carbonyl (C=O) groups excluding carboxylic acids is 2. The van der Waals surface area contributed by atoms with Gasteiger partial charge in [0.2, 0.25) is 0 Å². The molecule has 0 saturated heterocycles. The largest absolute Gasteiger partial charge is 0.493 e. The molecule has 0 saturated carbocycles. The van der Waals surface area contributed by atoms with Crippen LogP contribution in [0.1, 0.15) is 27.0 Å². The molecule has 10 nitrogen and oxygen atoms in total. The molecule has 3 aromatic carbocycles. The van der Waals surface area contributed by atoms with Crippen molar-refractivity contribution in [3.05, 3.63) is 91.4 Å². The van der Waals surface area contributed by atoms with Gasteiger partial charge in [0, 0.05) is 23.4 Å². The molecule has 36 heavy (non-hydrogen) atoms. The average Bonchev–Trinajstić information content (AvgIpc) is 2.84. The van der Waals surface area contributed by atoms with Crippen LogP contribution in [0.2, 0.25) is 0 Å². The van der Waals surface area contributed by atoms with Crippen LogP contribution in [0.4, 0.5) is 11.4 Å². The maximum absolute atomic E-state index is 12.4. The normalized spacial score (nSPS) is 10.7. The zero-order chi connectivity index (χ0) is 26.2. The van der Waals surface area contributed by atoms with E-state index in [0.717, 1.165) is 17.2 Å². The average molecular weight is 555 g/mol. The molecule has 3 aromatic rings. The molecule has 0 spiro atoms. The number of aryl methyl sites for hydroxylation is 2. The highest BCUT2D eigenvalue weighted by atomic mass is 79.9. The lowest BCUT2D eigenvalue weighted by atomic mass is 10.1. The van der Waals surface area contributed by atoms with Crippen LogP contribution in [0, 0.1) is 24.0 Å². The van der Waals surface area contributed by atoms with Crippen molar-refractivity contribution in [3.63, 3.8) is 0 Å². The summed E-state index contributed by atoms with van der Waals surface area (Å²) in [5.41, 5.74) is 5.54. The number of nitrogens with zero attached hydrogens (tertiary/aromatic N) is 2. The summed E-state index contributed by atoms with van der Waals surface area (Å²) in [4.78, 5) is 34.9. The van der Waals surface area contributed by atoms with Crippen molar-refractivity contribution in [2.75, 3.05) is 19.0 Å². The molecule has 0 bridgehead atoms. The molecule has 0 radical (unpaired) electrons. The van der Waals surface area contributed by atoms with Gasteiger partial charge in [-0.2, -0.15) is 5.10 Å². The number of nitro benzene ring substituents is 1. The molecule has 0 unspecified atom stereocenters. The van der Waals surface area contributed by atoms with Crippen LogP contribution in [0.25, 0.3) is 0 Å². The van der Waals surface area contributed by atoms with Crippen molar-refractivity contribution in [2.24, 2.45) is 5.10 Å². The van der Waals surface area contributed by atoms with Crippen molar-refractivity contribution in [1.82, 2.24) is 5.43 Å². The van der Waals surface area contributed by atoms with Crippen LogP contribution in [0.3, 0.4) is 0 Å². The van der Waals surface area contributed by atoms with E-state index in [1.807, 2.05) is 32.0 Å². The van der Waals surface area contributed by atoms with Gasteiger partial charge in [0.25, 0.3) is 17.5 Å². The Morgan fingerprint density at radius 1 is 1.14 bits per heavy atom. The van der Waals surface area contributed by atoms with Gasteiger partial charge >= 0.3 is 0 Å². The summed E-state index contributed by atoms with van der Waals surface area (Å²) in [6, 6.07) is 14.3. The minimum Gasteiger partial charge on any atom is -0.493 e. The number of nitrogens with one attached hydrogen (secondary N) is 2. The van der Waals surface area contributed by atoms with Crippen molar-refractivity contribution < 1.29 is 24.0 Å². The number of halogens is 1. The second kappa shape index (κ2) is 11.9. The second-order valence-corrected chi connectivity index (χ2v) is 8.55. The van der Waals surface area contributed by atoms with Gasteiger partial charge < -0.3 is 14.8 Å². The molecule has 0 aliphatic heterocycles. The quantitative estimate of drug-likeness (QED) is 0.222. The molecule has 0 aliphatic rings. The lowest BCUT2D eigenvalue weighted by Crippen LogP contribution is -2.21. The van der Waals surface area contributed by atoms with E-state index < -0.39 is 10.8 Å². The number of methoxy groups -OCH3 is 1. The second-order valence-electron chi connectivity index (χ2n) is 7.70. The molecule has 11 heteroatoms. The van der Waals surface area contributed by atoms with Crippen molar-refractivity contribution in [3.8, 4) is 11.5 Å². The Morgan fingerprint density at radius 3 is 2.61 bits per heavy atom. The minimum atomic E-state index is -0.601. The summed E-state index contributed by atoms with van der Waals surface area (Å²) in [5, 5.41) is 17.6. The zero-order valence-corrected chi connectivity index (χ0v) is 21.3. The molecule has 0 aliphatic carbocycles. The predicted molar refractivity (Wildman–Crippen MR) is 139 cm³/mol. The predicted octanol–water partition coefficient (Wildman–Crippen LogP) is 4.76. The fourth-order valence-corrected chi connectivity index (χ4v) is 3.80. The molecule has 186 valence electrons. The van der Waals surface area contributed by atoms with Crippen LogP contribution in [0.15, 0.2) is 64.2 Å². The van der Waals surface area contributed by atoms with Crippen LogP contribution in [-0.2, 0) is 4.79 Å². The Labute approximate surface area is 215 Å². The van der Waals surface area contributed by atoms with E-state index in [1.165, 1.54) is 31.5 Å². The number of hydrogen-bond donors (Lipinski definition) is 2. The molecule has 0 atom stereocenters. The van der Waals surface area contributed by atoms with E-state index in [9.17, 15) is 19.7 Å². The lowest BCUT2D eigenvalue weighted by molar-refractivity contribution is -0.384. The van der Waals surface area contributed by atoms with Gasteiger partial charge in [-0.05, 0) is 65.2 Å². The molecule has 0 heterocycles. The first kappa shape index (κ1) is 26.4. The van der Waals surface area contributed by atoms with Gasteiger partial charge in [-0.25, -0.2) is 5.43 Å². The summed E-state index contributed by atoms with van der Waals surface area (Å²) in [6.07, 6.45) is 1.37. The Bertz CT molecular complexity index is 1340. The van der Waals surface area contributed by atoms with Gasteiger partial charge in [-0.1, -0.05) is 23.8 Å². The number of ether oxygens (including phenoxy) is 2. The van der Waals surface area contributed by atoms with Crippen molar-refractivity contribution in [2.45, 2.75) is 13.8 Å². The lowest BCUT2D eigenvalue weighted by Gasteiger charge is -2.14. The van der Waals surface area contributed by atoms with Crippen molar-refractivity contribution in [1.29, 1.82) is 0 Å². The zero-order valence-electron chi connectivity index (χ0n) is 19.7. The summed E-state index contributed by atoms with van der Waals surface area (Å²) >= 11 is 3.40. The first-order chi connectivity index (χ1) is 17.2. The SMILES string of the molecule is COc1cc(/C=N/NC(=O)c2cccc([N+](=O)[O-])c2)cc(Br)c1OCC(=O)Nc1ccc(C)cc1C. The Kier molecular flexibility index (Phi) is 8.74. The van der Waals surface area contributed by atoms with Crippen molar-refractivity contribution >= 4 is 45.3 Å². The number of carbonyl (C=O) groups is 2. The first-order valence-electron chi connectivity index (χ1n) is 10.6. The van der Waals surface area contributed by atoms with Gasteiger partial charge in [-0.3, -0.25) is 19.7 Å². The minimum absolute atomic E-state index is 0.1000. The van der Waals surface area contributed by atoms with Gasteiger partial charge in [0.15, 0.2) is 18.1 Å². The van der Waals surface area contributed by atoms with E-state index in [-0.39, 0.29) is 23.8 Å². The maximum atomic E-state index is 12.4. The molecular weight excluding hydrogens is 532 g/mol. The molecular formula is C25H23BrN4O6. The molecule has 2 amide bonds. The van der Waals surface area contributed by atoms with Crippen LogP contribution >= 0.6 is 15.9 Å². The summed E-state index contributed by atoms with van der Waals surface area (Å²) < 4.78 is 11.6. The third kappa shape index (κ3) is 6.89. The highest BCUT2D eigenvalue weighted by molar-refractivity contribution is 9.10. The maximum Gasteiger partial charge on any atom is 0.271 e. The molecule has 2 N–H and O–H groups in total. The van der Waals surface area contributed by atoms with Gasteiger partial charge in [0.1, 0.15) is 0 Å². The Morgan fingerprint density at radius 2 is 1.92 bits per heavy atom. The summed E-state index contributed by atoms with van der Waals surface area (Å²) in [5.74, 6) is -0.262. The molecule has 3 rings (SSSR count). The monoisotopic (exact) mass is 554 g/mol. The Hall–Kier alpha value is -4.25. The smallest absolute Gasteiger partial charge is 0.271 e. The third-order valence-corrected chi connectivity index (χ3v) is 5.54. The van der Waals surface area contributed by atoms with E-state index in [4.69, 9.17) is 9.47 Å². The Balaban J connectivity index is 1.64. The standard InChI is InChI=1S/C25H23BrN4O6/c1-15-7-8-21(16(2)9-15)28-23(31)14-36-24-20(26)10-17(11-22(24)35-3)13-27-29-25(32)18-5-4-6-19(12-18)30(33)34/h4-13H,14H2,1-3H3,(H,28,31)(H,29,32)/b27-13+. The number of amides is 2. The molecule has 0 aromatic heterocycles. The number of rotatable bonds is 9. The topological polar surface area (TPSA) is 132 Å². The first-order valence-corrected chi connectivity index (χ1v) is 11.4. The number of benzene rings is 3. The van der Waals surface area contributed by atoms with Gasteiger partial charge in [-0.15, -0.1) is 0 Å². The fourth-order valence-electron chi connectivity index (χ4n) is 3.22. The van der Waals surface area contributed by atoms with Crippen LogP contribution < -0.4 is 20.2 Å². The van der Waals surface area contributed by atoms with Gasteiger partial charge in [0.05, 0.1) is 22.7 Å². The van der Waals surface area contributed by atoms with Crippen LogP contribution in [0.5, 0.6) is 11.5 Å². The fraction of sp³-hybridized carbons (Fsp3) is 0.160. The number of anilines is 1. The number of nitro groups is 1. The van der Waals surface area contributed by atoms with E-state index >= 15 is 0 Å². The highest BCUT2D eigenvalue weighted by Crippen LogP contribution is 2.36. The number of hydrazone groups is 1. The van der Waals surface area contributed by atoms with E-state index in [2.05, 4.69) is 31.8 Å². The molecule has 0 fully saturated rings. The van der Waals surface area contributed by atoms with Crippen LogP contribution in [-0.4, -0.2) is 36.7 Å². The number of hydrogen-bond acceptors (Lipinski definition) is 7. The third-order valence-electron chi connectivity index (χ3n) is 4.95. The van der Waals surface area contributed by atoms with E-state index in [1.54, 1.807) is 12.1 Å². The highest BCUT2D eigenvalue weighted by Gasteiger charge is 2.14.